The molecule has 1 aromatic heterocycles. The van der Waals surface area contributed by atoms with Crippen LogP contribution >= 0.6 is 0 Å². The number of ether oxygens (including phenoxy) is 3. The summed E-state index contributed by atoms with van der Waals surface area (Å²) in [7, 11) is 0. The van der Waals surface area contributed by atoms with Gasteiger partial charge in [0.1, 0.15) is 18.1 Å². The second-order valence-electron chi connectivity index (χ2n) is 8.31. The second kappa shape index (κ2) is 14.1. The Morgan fingerprint density at radius 1 is 0.886 bits per heavy atom. The Morgan fingerprint density at radius 2 is 1.54 bits per heavy atom. The van der Waals surface area contributed by atoms with E-state index in [9.17, 15) is 0 Å². The lowest BCUT2D eigenvalue weighted by molar-refractivity contribution is 0.291. The molecule has 3 aromatic rings. The molecule has 0 aliphatic rings. The highest BCUT2D eigenvalue weighted by molar-refractivity contribution is 5.49. The van der Waals surface area contributed by atoms with Crippen molar-refractivity contribution in [3.05, 3.63) is 90.0 Å². The lowest BCUT2D eigenvalue weighted by Crippen LogP contribution is -2.04. The fourth-order valence-corrected chi connectivity index (χ4v) is 3.88. The van der Waals surface area contributed by atoms with Gasteiger partial charge in [-0.05, 0) is 80.6 Å². The molecular formula is C29H37N3O3. The van der Waals surface area contributed by atoms with Crippen molar-refractivity contribution in [1.29, 1.82) is 0 Å². The van der Waals surface area contributed by atoms with E-state index in [-0.39, 0.29) is 0 Å². The van der Waals surface area contributed by atoms with Crippen molar-refractivity contribution >= 4 is 5.76 Å². The predicted molar refractivity (Wildman–Crippen MR) is 140 cm³/mol. The Kier molecular flexibility index (Phi) is 10.6. The summed E-state index contributed by atoms with van der Waals surface area (Å²) in [5.74, 6) is 2.98. The maximum atomic E-state index is 5.95. The van der Waals surface area contributed by atoms with E-state index < -0.39 is 0 Å². The van der Waals surface area contributed by atoms with Gasteiger partial charge >= 0.3 is 0 Å². The number of hydrogen-bond donors (Lipinski definition) is 1. The first kappa shape index (κ1) is 26.2. The lowest BCUT2D eigenvalue weighted by Gasteiger charge is -2.17. The van der Waals surface area contributed by atoms with Crippen molar-refractivity contribution in [2.75, 3.05) is 19.8 Å². The van der Waals surface area contributed by atoms with Crippen molar-refractivity contribution in [3.63, 3.8) is 0 Å². The van der Waals surface area contributed by atoms with Crippen molar-refractivity contribution in [2.24, 2.45) is 5.73 Å². The van der Waals surface area contributed by atoms with E-state index in [0.29, 0.717) is 30.7 Å². The van der Waals surface area contributed by atoms with E-state index in [4.69, 9.17) is 19.9 Å². The predicted octanol–water partition coefficient (Wildman–Crippen LogP) is 6.11. The van der Waals surface area contributed by atoms with Crippen LogP contribution in [0.25, 0.3) is 5.76 Å². The van der Waals surface area contributed by atoms with Crippen molar-refractivity contribution in [2.45, 2.75) is 52.1 Å². The SMILES string of the molecule is C=C(OCC)c1nccc(COc2ccc(C(CC)c3ccc(OCCCCCN)cc3)cc2)n1. The van der Waals surface area contributed by atoms with Crippen LogP contribution < -0.4 is 15.2 Å². The fraction of sp³-hybridized carbons (Fsp3) is 0.379. The van der Waals surface area contributed by atoms with Crippen LogP contribution in [0.3, 0.4) is 0 Å². The summed E-state index contributed by atoms with van der Waals surface area (Å²) >= 11 is 0. The third-order valence-electron chi connectivity index (χ3n) is 5.76. The van der Waals surface area contributed by atoms with E-state index in [2.05, 4.69) is 59.9 Å². The highest BCUT2D eigenvalue weighted by Gasteiger charge is 2.13. The molecule has 0 fully saturated rings. The zero-order valence-corrected chi connectivity index (χ0v) is 20.9. The topological polar surface area (TPSA) is 79.5 Å². The van der Waals surface area contributed by atoms with E-state index in [1.165, 1.54) is 11.1 Å². The molecule has 0 spiro atoms. The van der Waals surface area contributed by atoms with Gasteiger partial charge in [-0.2, -0.15) is 0 Å². The van der Waals surface area contributed by atoms with Crippen molar-refractivity contribution in [1.82, 2.24) is 9.97 Å². The van der Waals surface area contributed by atoms with Gasteiger partial charge < -0.3 is 19.9 Å². The number of unbranched alkanes of at least 4 members (excludes halogenated alkanes) is 2. The molecule has 0 saturated heterocycles. The lowest BCUT2D eigenvalue weighted by atomic mass is 9.89. The van der Waals surface area contributed by atoms with Crippen LogP contribution in [0, 0.1) is 0 Å². The monoisotopic (exact) mass is 475 g/mol. The molecule has 1 heterocycles. The van der Waals surface area contributed by atoms with E-state index in [1.54, 1.807) is 6.20 Å². The Labute approximate surface area is 209 Å². The van der Waals surface area contributed by atoms with E-state index in [0.717, 1.165) is 56.0 Å². The number of benzene rings is 2. The molecule has 0 bridgehead atoms. The number of rotatable bonds is 15. The van der Waals surface area contributed by atoms with Gasteiger partial charge in [0.2, 0.25) is 0 Å². The van der Waals surface area contributed by atoms with E-state index in [1.807, 2.05) is 25.1 Å². The zero-order chi connectivity index (χ0) is 24.9. The van der Waals surface area contributed by atoms with Gasteiger partial charge in [-0.1, -0.05) is 37.8 Å². The minimum Gasteiger partial charge on any atom is -0.494 e. The molecule has 2 N–H and O–H groups in total. The van der Waals surface area contributed by atoms with Crippen LogP contribution in [-0.4, -0.2) is 29.7 Å². The molecule has 3 rings (SSSR count). The largest absolute Gasteiger partial charge is 0.494 e. The molecule has 0 saturated carbocycles. The highest BCUT2D eigenvalue weighted by Crippen LogP contribution is 2.30. The Bertz CT molecular complexity index is 1040. The molecule has 0 radical (unpaired) electrons. The van der Waals surface area contributed by atoms with Gasteiger partial charge in [0.25, 0.3) is 0 Å². The standard InChI is InChI=1S/C29H37N3O3/c1-4-28(23-9-13-26(14-10-23)34-20-8-6-7-18-30)24-11-15-27(16-12-24)35-21-25-17-19-31-29(32-25)22(3)33-5-2/h9-17,19,28H,3-8,18,20-21,30H2,1-2H3. The van der Waals surface area contributed by atoms with Crippen LogP contribution in [0.2, 0.25) is 0 Å². The molecule has 1 atom stereocenters. The second-order valence-corrected chi connectivity index (χ2v) is 8.31. The molecule has 0 aliphatic heterocycles. The first-order chi connectivity index (χ1) is 17.1. The van der Waals surface area contributed by atoms with Crippen LogP contribution in [0.1, 0.15) is 68.1 Å². The normalized spacial score (nSPS) is 11.6. The van der Waals surface area contributed by atoms with Gasteiger partial charge in [-0.3, -0.25) is 0 Å². The smallest absolute Gasteiger partial charge is 0.194 e. The number of nitrogens with zero attached hydrogens (tertiary/aromatic N) is 2. The summed E-state index contributed by atoms with van der Waals surface area (Å²) in [6, 6.07) is 18.6. The molecule has 6 heteroatoms. The summed E-state index contributed by atoms with van der Waals surface area (Å²) in [5.41, 5.74) is 8.84. The Hall–Kier alpha value is -3.38. The van der Waals surface area contributed by atoms with Crippen molar-refractivity contribution < 1.29 is 14.2 Å². The van der Waals surface area contributed by atoms with Crippen LogP contribution in [0.5, 0.6) is 11.5 Å². The summed E-state index contributed by atoms with van der Waals surface area (Å²) in [6.45, 7) is 10.3. The zero-order valence-electron chi connectivity index (χ0n) is 20.9. The summed E-state index contributed by atoms with van der Waals surface area (Å²) in [4.78, 5) is 8.68. The molecule has 0 aliphatic carbocycles. The molecule has 2 aromatic carbocycles. The number of hydrogen-bond acceptors (Lipinski definition) is 6. The summed E-state index contributed by atoms with van der Waals surface area (Å²) in [5, 5.41) is 0. The molecule has 1 unspecified atom stereocenters. The average molecular weight is 476 g/mol. The number of aromatic nitrogens is 2. The Morgan fingerprint density at radius 3 is 2.14 bits per heavy atom. The van der Waals surface area contributed by atoms with Crippen LogP contribution in [0.4, 0.5) is 0 Å². The molecule has 0 amide bonds. The minimum atomic E-state index is 0.316. The average Bonchev–Trinajstić information content (AvgIpc) is 2.89. The third kappa shape index (κ3) is 8.11. The quantitative estimate of drug-likeness (QED) is 0.211. The summed E-state index contributed by atoms with van der Waals surface area (Å²) < 4.78 is 17.2. The van der Waals surface area contributed by atoms with Crippen molar-refractivity contribution in [3.8, 4) is 11.5 Å². The first-order valence-electron chi connectivity index (χ1n) is 12.4. The minimum absolute atomic E-state index is 0.316. The van der Waals surface area contributed by atoms with Gasteiger partial charge in [0.05, 0.1) is 18.9 Å². The fourth-order valence-electron chi connectivity index (χ4n) is 3.88. The van der Waals surface area contributed by atoms with Gasteiger partial charge in [0.15, 0.2) is 11.6 Å². The Balaban J connectivity index is 1.56. The molecular weight excluding hydrogens is 438 g/mol. The van der Waals surface area contributed by atoms with Gasteiger partial charge in [-0.25, -0.2) is 9.97 Å². The molecule has 35 heavy (non-hydrogen) atoms. The van der Waals surface area contributed by atoms with Gasteiger partial charge in [-0.15, -0.1) is 0 Å². The van der Waals surface area contributed by atoms with E-state index >= 15 is 0 Å². The molecule has 186 valence electrons. The first-order valence-corrected chi connectivity index (χ1v) is 12.4. The van der Waals surface area contributed by atoms with Crippen LogP contribution in [0.15, 0.2) is 67.4 Å². The summed E-state index contributed by atoms with van der Waals surface area (Å²) in [6.07, 6.45) is 5.89. The van der Waals surface area contributed by atoms with Crippen LogP contribution in [-0.2, 0) is 11.3 Å². The molecule has 6 nitrogen and oxygen atoms in total. The highest BCUT2D eigenvalue weighted by atomic mass is 16.5. The maximum absolute atomic E-state index is 5.95. The maximum Gasteiger partial charge on any atom is 0.194 e. The van der Waals surface area contributed by atoms with Gasteiger partial charge in [0, 0.05) is 12.1 Å². The third-order valence-corrected chi connectivity index (χ3v) is 5.76. The number of nitrogens with two attached hydrogens (primary N) is 1.